The van der Waals surface area contributed by atoms with Gasteiger partial charge in [-0.05, 0) is 41.5 Å². The van der Waals surface area contributed by atoms with Gasteiger partial charge in [0.1, 0.15) is 0 Å². The predicted molar refractivity (Wildman–Crippen MR) is 79.1 cm³/mol. The standard InChI is InChI=1S/C11H17BrN2OS.ClH/c1-3-13-8(2)7-14-11(15)6-9-4-5-10(12)16-9;/h4-5,8,13H,3,6-7H2,1-2H3,(H,14,15);1H/t8-;/m1./s1. The lowest BCUT2D eigenvalue weighted by Crippen LogP contribution is -2.39. The fourth-order valence-electron chi connectivity index (χ4n) is 1.36. The molecule has 0 unspecified atom stereocenters. The molecule has 0 radical (unpaired) electrons. The summed E-state index contributed by atoms with van der Waals surface area (Å²) >= 11 is 4.98. The highest BCUT2D eigenvalue weighted by Gasteiger charge is 2.07. The van der Waals surface area contributed by atoms with Crippen molar-refractivity contribution in [3.8, 4) is 0 Å². The van der Waals surface area contributed by atoms with Crippen LogP contribution in [0.3, 0.4) is 0 Å². The summed E-state index contributed by atoms with van der Waals surface area (Å²) in [5.74, 6) is 0.0825. The molecule has 1 heterocycles. The van der Waals surface area contributed by atoms with Gasteiger partial charge in [-0.25, -0.2) is 0 Å². The van der Waals surface area contributed by atoms with Crippen LogP contribution >= 0.6 is 39.7 Å². The Kier molecular flexibility index (Phi) is 8.86. The van der Waals surface area contributed by atoms with Crippen LogP contribution < -0.4 is 10.6 Å². The second-order valence-corrected chi connectivity index (χ2v) is 6.19. The van der Waals surface area contributed by atoms with E-state index in [1.807, 2.05) is 12.1 Å². The monoisotopic (exact) mass is 340 g/mol. The highest BCUT2D eigenvalue weighted by atomic mass is 79.9. The number of carbonyl (C=O) groups is 1. The van der Waals surface area contributed by atoms with E-state index >= 15 is 0 Å². The first kappa shape index (κ1) is 16.9. The average Bonchev–Trinajstić information content (AvgIpc) is 2.61. The summed E-state index contributed by atoms with van der Waals surface area (Å²) in [4.78, 5) is 12.7. The molecule has 1 atom stereocenters. The van der Waals surface area contributed by atoms with Crippen molar-refractivity contribution < 1.29 is 4.79 Å². The number of hydrogen-bond donors (Lipinski definition) is 2. The van der Waals surface area contributed by atoms with Crippen LogP contribution in [0.4, 0.5) is 0 Å². The first-order valence-corrected chi connectivity index (χ1v) is 6.97. The predicted octanol–water partition coefficient (Wildman–Crippen LogP) is 2.59. The second kappa shape index (κ2) is 8.91. The molecule has 1 rings (SSSR count). The molecular weight excluding hydrogens is 324 g/mol. The third-order valence-electron chi connectivity index (χ3n) is 2.12. The molecule has 1 aromatic rings. The number of carbonyl (C=O) groups excluding carboxylic acids is 1. The van der Waals surface area contributed by atoms with E-state index in [2.05, 4.69) is 40.4 Å². The molecule has 0 spiro atoms. The van der Waals surface area contributed by atoms with E-state index < -0.39 is 0 Å². The van der Waals surface area contributed by atoms with E-state index in [9.17, 15) is 4.79 Å². The summed E-state index contributed by atoms with van der Waals surface area (Å²) in [5.41, 5.74) is 0. The lowest BCUT2D eigenvalue weighted by Gasteiger charge is -2.12. The Morgan fingerprint density at radius 3 is 2.76 bits per heavy atom. The highest BCUT2D eigenvalue weighted by molar-refractivity contribution is 9.11. The van der Waals surface area contributed by atoms with Crippen molar-refractivity contribution in [2.24, 2.45) is 0 Å². The largest absolute Gasteiger partial charge is 0.354 e. The summed E-state index contributed by atoms with van der Waals surface area (Å²) in [6.45, 7) is 5.72. The van der Waals surface area contributed by atoms with Crippen molar-refractivity contribution in [1.29, 1.82) is 0 Å². The molecule has 17 heavy (non-hydrogen) atoms. The Bertz CT molecular complexity index is 346. The van der Waals surface area contributed by atoms with Crippen molar-refractivity contribution in [2.45, 2.75) is 26.3 Å². The lowest BCUT2D eigenvalue weighted by molar-refractivity contribution is -0.120. The third-order valence-corrected chi connectivity index (χ3v) is 3.75. The van der Waals surface area contributed by atoms with Gasteiger partial charge < -0.3 is 10.6 Å². The van der Waals surface area contributed by atoms with Crippen LogP contribution in [-0.2, 0) is 11.2 Å². The summed E-state index contributed by atoms with van der Waals surface area (Å²) in [6.07, 6.45) is 0.467. The minimum atomic E-state index is 0. The van der Waals surface area contributed by atoms with Gasteiger partial charge in [0.15, 0.2) is 0 Å². The summed E-state index contributed by atoms with van der Waals surface area (Å²) in [6, 6.07) is 4.26. The van der Waals surface area contributed by atoms with Crippen LogP contribution in [0.15, 0.2) is 15.9 Å². The SMILES string of the molecule is CCN[C@H](C)CNC(=O)Cc1ccc(Br)s1.Cl. The van der Waals surface area contributed by atoms with Crippen LogP contribution in [0.1, 0.15) is 18.7 Å². The molecule has 0 saturated heterocycles. The molecule has 0 aliphatic heterocycles. The maximum absolute atomic E-state index is 11.6. The maximum atomic E-state index is 11.6. The van der Waals surface area contributed by atoms with Crippen molar-refractivity contribution in [3.05, 3.63) is 20.8 Å². The summed E-state index contributed by atoms with van der Waals surface area (Å²) in [5, 5.41) is 6.16. The Hall–Kier alpha value is -0.100. The molecule has 6 heteroatoms. The number of halogens is 2. The third kappa shape index (κ3) is 7.03. The van der Waals surface area contributed by atoms with Gasteiger partial charge in [-0.3, -0.25) is 4.79 Å². The van der Waals surface area contributed by atoms with Gasteiger partial charge in [0.05, 0.1) is 10.2 Å². The molecule has 3 nitrogen and oxygen atoms in total. The number of thiophene rings is 1. The van der Waals surface area contributed by atoms with Crippen LogP contribution in [0.25, 0.3) is 0 Å². The number of nitrogens with one attached hydrogen (secondary N) is 2. The van der Waals surface area contributed by atoms with E-state index in [-0.39, 0.29) is 18.3 Å². The molecule has 0 fully saturated rings. The van der Waals surface area contributed by atoms with Crippen LogP contribution in [0.5, 0.6) is 0 Å². The molecule has 0 bridgehead atoms. The van der Waals surface area contributed by atoms with E-state index in [4.69, 9.17) is 0 Å². The summed E-state index contributed by atoms with van der Waals surface area (Å²) < 4.78 is 1.07. The minimum Gasteiger partial charge on any atom is -0.354 e. The van der Waals surface area contributed by atoms with Crippen LogP contribution in [0.2, 0.25) is 0 Å². The quantitative estimate of drug-likeness (QED) is 0.835. The zero-order valence-corrected chi connectivity index (χ0v) is 13.2. The Morgan fingerprint density at radius 1 is 1.53 bits per heavy atom. The van der Waals surface area contributed by atoms with E-state index in [1.165, 1.54) is 0 Å². The topological polar surface area (TPSA) is 41.1 Å². The van der Waals surface area contributed by atoms with E-state index in [0.29, 0.717) is 19.0 Å². The molecule has 0 aliphatic carbocycles. The zero-order chi connectivity index (χ0) is 12.0. The molecular formula is C11H18BrClN2OS. The Balaban J connectivity index is 0.00000256. The smallest absolute Gasteiger partial charge is 0.225 e. The number of amides is 1. The molecule has 0 aliphatic rings. The molecule has 2 N–H and O–H groups in total. The fraction of sp³-hybridized carbons (Fsp3) is 0.545. The molecule has 0 saturated carbocycles. The normalized spacial score (nSPS) is 11.7. The highest BCUT2D eigenvalue weighted by Crippen LogP contribution is 2.22. The molecule has 1 amide bonds. The Morgan fingerprint density at radius 2 is 2.24 bits per heavy atom. The van der Waals surface area contributed by atoms with Crippen LogP contribution in [-0.4, -0.2) is 25.0 Å². The Labute approximate surface area is 121 Å². The van der Waals surface area contributed by atoms with Crippen molar-refractivity contribution in [1.82, 2.24) is 10.6 Å². The van der Waals surface area contributed by atoms with Gasteiger partial charge in [-0.2, -0.15) is 0 Å². The first-order chi connectivity index (χ1) is 7.61. The second-order valence-electron chi connectivity index (χ2n) is 3.65. The number of likely N-dealkylation sites (N-methyl/N-ethyl adjacent to an activating group) is 1. The van der Waals surface area contributed by atoms with Gasteiger partial charge in [0.25, 0.3) is 0 Å². The average molecular weight is 342 g/mol. The van der Waals surface area contributed by atoms with Gasteiger partial charge >= 0.3 is 0 Å². The first-order valence-electron chi connectivity index (χ1n) is 5.36. The molecule has 1 aromatic heterocycles. The van der Waals surface area contributed by atoms with E-state index in [1.54, 1.807) is 11.3 Å². The van der Waals surface area contributed by atoms with Gasteiger partial charge in [0, 0.05) is 17.5 Å². The fourth-order valence-corrected chi connectivity index (χ4v) is 2.84. The molecule has 0 aromatic carbocycles. The summed E-state index contributed by atoms with van der Waals surface area (Å²) in [7, 11) is 0. The lowest BCUT2D eigenvalue weighted by atomic mass is 10.3. The van der Waals surface area contributed by atoms with Crippen LogP contribution in [0, 0.1) is 0 Å². The van der Waals surface area contributed by atoms with Gasteiger partial charge in [0.2, 0.25) is 5.91 Å². The maximum Gasteiger partial charge on any atom is 0.225 e. The van der Waals surface area contributed by atoms with Gasteiger partial charge in [-0.15, -0.1) is 23.7 Å². The van der Waals surface area contributed by atoms with E-state index in [0.717, 1.165) is 15.2 Å². The molecule has 98 valence electrons. The number of hydrogen-bond acceptors (Lipinski definition) is 3. The van der Waals surface area contributed by atoms with Crippen molar-refractivity contribution in [3.63, 3.8) is 0 Å². The zero-order valence-electron chi connectivity index (χ0n) is 9.96. The van der Waals surface area contributed by atoms with Crippen molar-refractivity contribution in [2.75, 3.05) is 13.1 Å². The minimum absolute atomic E-state index is 0. The van der Waals surface area contributed by atoms with Gasteiger partial charge in [-0.1, -0.05) is 6.92 Å². The number of rotatable bonds is 6. The van der Waals surface area contributed by atoms with Crippen molar-refractivity contribution >= 4 is 45.6 Å².